The van der Waals surface area contributed by atoms with Crippen LogP contribution < -0.4 is 11.1 Å². The Kier molecular flexibility index (Phi) is 3.91. The maximum absolute atomic E-state index is 13.7. The Bertz CT molecular complexity index is 532. The van der Waals surface area contributed by atoms with E-state index in [4.69, 9.17) is 10.5 Å². The van der Waals surface area contributed by atoms with Crippen LogP contribution in [-0.4, -0.2) is 30.7 Å². The summed E-state index contributed by atoms with van der Waals surface area (Å²) in [5.41, 5.74) is 5.57. The van der Waals surface area contributed by atoms with Crippen LogP contribution in [0.3, 0.4) is 0 Å². The van der Waals surface area contributed by atoms with Gasteiger partial charge in [-0.1, -0.05) is 6.07 Å². The zero-order valence-corrected chi connectivity index (χ0v) is 11.5. The van der Waals surface area contributed by atoms with E-state index in [-0.39, 0.29) is 29.5 Å². The summed E-state index contributed by atoms with van der Waals surface area (Å²) >= 11 is 0. The maximum atomic E-state index is 13.7. The molecular weight excluding hydrogens is 278 g/mol. The van der Waals surface area contributed by atoms with Crippen LogP contribution >= 0.6 is 0 Å². The number of rotatable bonds is 4. The molecule has 0 bridgehead atoms. The van der Waals surface area contributed by atoms with Gasteiger partial charge in [0.15, 0.2) is 0 Å². The van der Waals surface area contributed by atoms with Gasteiger partial charge >= 0.3 is 0 Å². The molecule has 0 spiro atoms. The quantitative estimate of drug-likeness (QED) is 0.884. The number of carbonyl (C=O) groups excluding carboxylic acids is 1. The highest BCUT2D eigenvalue weighted by molar-refractivity contribution is 5.81. The number of carbonyl (C=O) groups is 1. The highest BCUT2D eigenvalue weighted by Crippen LogP contribution is 2.43. The number of nitrogens with one attached hydrogen (secondary N) is 1. The Balaban J connectivity index is 1.58. The molecule has 0 aromatic heterocycles. The molecule has 6 heteroatoms. The summed E-state index contributed by atoms with van der Waals surface area (Å²) < 4.78 is 32.8. The van der Waals surface area contributed by atoms with Gasteiger partial charge in [-0.15, -0.1) is 0 Å². The minimum absolute atomic E-state index is 0.0648. The second-order valence-corrected chi connectivity index (χ2v) is 5.65. The van der Waals surface area contributed by atoms with Crippen LogP contribution in [-0.2, 0) is 9.53 Å². The van der Waals surface area contributed by atoms with Crippen molar-refractivity contribution < 1.29 is 18.3 Å². The highest BCUT2D eigenvalue weighted by atomic mass is 19.1. The lowest BCUT2D eigenvalue weighted by Gasteiger charge is -2.13. The normalized spacial score (nSPS) is 31.2. The van der Waals surface area contributed by atoms with Crippen LogP contribution in [0.4, 0.5) is 8.78 Å². The van der Waals surface area contributed by atoms with E-state index in [1.807, 2.05) is 0 Å². The van der Waals surface area contributed by atoms with Gasteiger partial charge < -0.3 is 15.8 Å². The summed E-state index contributed by atoms with van der Waals surface area (Å²) in [5, 5.41) is 2.81. The Morgan fingerprint density at radius 1 is 1.33 bits per heavy atom. The van der Waals surface area contributed by atoms with E-state index in [9.17, 15) is 13.6 Å². The van der Waals surface area contributed by atoms with E-state index < -0.39 is 17.7 Å². The number of hydrogen-bond acceptors (Lipinski definition) is 3. The molecule has 1 aliphatic carbocycles. The fraction of sp³-hybridized carbons (Fsp3) is 0.533. The van der Waals surface area contributed by atoms with Crippen LogP contribution in [0.2, 0.25) is 0 Å². The molecule has 1 heterocycles. The zero-order chi connectivity index (χ0) is 15.0. The molecule has 2 fully saturated rings. The second-order valence-electron chi connectivity index (χ2n) is 5.65. The maximum Gasteiger partial charge on any atom is 0.249 e. The molecule has 114 valence electrons. The van der Waals surface area contributed by atoms with Crippen molar-refractivity contribution >= 4 is 5.91 Å². The van der Waals surface area contributed by atoms with Crippen LogP contribution in [0.15, 0.2) is 18.2 Å². The summed E-state index contributed by atoms with van der Waals surface area (Å²) in [4.78, 5) is 12.0. The van der Waals surface area contributed by atoms with E-state index in [1.54, 1.807) is 0 Å². The third-order valence-electron chi connectivity index (χ3n) is 4.15. The van der Waals surface area contributed by atoms with Gasteiger partial charge in [-0.05, 0) is 31.4 Å². The first-order valence-electron chi connectivity index (χ1n) is 7.20. The molecule has 1 aliphatic heterocycles. The molecule has 1 amide bonds. The number of nitrogens with two attached hydrogens (primary N) is 1. The standard InChI is InChI=1S/C15H18F2N2O2/c16-10-2-1-3-11(17)14(10)9-6-12(9)19-15(20)13-5-4-8(7-18)21-13/h1-3,8-9,12-13H,4-7,18H2,(H,19,20)/t8-,9?,12?,13+/m1/s1. The van der Waals surface area contributed by atoms with E-state index >= 15 is 0 Å². The minimum atomic E-state index is -0.558. The topological polar surface area (TPSA) is 64.4 Å². The smallest absolute Gasteiger partial charge is 0.249 e. The Morgan fingerprint density at radius 2 is 2.05 bits per heavy atom. The largest absolute Gasteiger partial charge is 0.364 e. The fourth-order valence-corrected chi connectivity index (χ4v) is 2.89. The van der Waals surface area contributed by atoms with Gasteiger partial charge in [0.05, 0.1) is 6.10 Å². The molecule has 1 aromatic rings. The summed E-state index contributed by atoms with van der Waals surface area (Å²) in [5.74, 6) is -1.62. The van der Waals surface area contributed by atoms with E-state index in [2.05, 4.69) is 5.32 Å². The van der Waals surface area contributed by atoms with Crippen molar-refractivity contribution in [2.24, 2.45) is 5.73 Å². The molecule has 4 nitrogen and oxygen atoms in total. The molecule has 2 aliphatic rings. The van der Waals surface area contributed by atoms with Gasteiger partial charge in [0.2, 0.25) is 5.91 Å². The Labute approximate surface area is 121 Å². The van der Waals surface area contributed by atoms with Crippen molar-refractivity contribution in [3.8, 4) is 0 Å². The van der Waals surface area contributed by atoms with Crippen molar-refractivity contribution in [1.29, 1.82) is 0 Å². The van der Waals surface area contributed by atoms with Crippen LogP contribution in [0, 0.1) is 11.6 Å². The van der Waals surface area contributed by atoms with Crippen LogP contribution in [0.25, 0.3) is 0 Å². The number of hydrogen-bond donors (Lipinski definition) is 2. The third kappa shape index (κ3) is 2.91. The molecular formula is C15H18F2N2O2. The number of ether oxygens (including phenoxy) is 1. The van der Waals surface area contributed by atoms with E-state index in [0.29, 0.717) is 19.4 Å². The Morgan fingerprint density at radius 3 is 2.67 bits per heavy atom. The van der Waals surface area contributed by atoms with Crippen molar-refractivity contribution in [2.45, 2.75) is 43.4 Å². The summed E-state index contributed by atoms with van der Waals surface area (Å²) in [6.07, 6.45) is 1.39. The van der Waals surface area contributed by atoms with Crippen LogP contribution in [0.1, 0.15) is 30.7 Å². The monoisotopic (exact) mass is 296 g/mol. The molecule has 21 heavy (non-hydrogen) atoms. The number of halogens is 2. The lowest BCUT2D eigenvalue weighted by atomic mass is 10.1. The first kappa shape index (κ1) is 14.4. The molecule has 1 aromatic carbocycles. The molecule has 4 atom stereocenters. The number of amides is 1. The van der Waals surface area contributed by atoms with Crippen molar-refractivity contribution in [1.82, 2.24) is 5.32 Å². The average molecular weight is 296 g/mol. The van der Waals surface area contributed by atoms with Gasteiger partial charge in [0.1, 0.15) is 17.7 Å². The van der Waals surface area contributed by atoms with E-state index in [1.165, 1.54) is 18.2 Å². The van der Waals surface area contributed by atoms with Gasteiger partial charge in [0.25, 0.3) is 0 Å². The molecule has 0 radical (unpaired) electrons. The van der Waals surface area contributed by atoms with Gasteiger partial charge in [0, 0.05) is 24.1 Å². The minimum Gasteiger partial charge on any atom is -0.364 e. The summed E-state index contributed by atoms with van der Waals surface area (Å²) in [7, 11) is 0. The first-order valence-corrected chi connectivity index (χ1v) is 7.20. The highest BCUT2D eigenvalue weighted by Gasteiger charge is 2.44. The van der Waals surface area contributed by atoms with Gasteiger partial charge in [-0.2, -0.15) is 0 Å². The Hall–Kier alpha value is -1.53. The SMILES string of the molecule is NC[C@H]1CC[C@@H](C(=O)NC2CC2c2c(F)cccc2F)O1. The molecule has 1 saturated heterocycles. The van der Waals surface area contributed by atoms with Crippen molar-refractivity contribution in [3.63, 3.8) is 0 Å². The predicted molar refractivity (Wildman–Crippen MR) is 72.6 cm³/mol. The lowest BCUT2D eigenvalue weighted by Crippen LogP contribution is -2.37. The summed E-state index contributed by atoms with van der Waals surface area (Å²) in [6.45, 7) is 0.399. The first-order chi connectivity index (χ1) is 10.1. The fourth-order valence-electron chi connectivity index (χ4n) is 2.89. The molecule has 3 rings (SSSR count). The van der Waals surface area contributed by atoms with Gasteiger partial charge in [-0.25, -0.2) is 8.78 Å². The van der Waals surface area contributed by atoms with Crippen LogP contribution in [0.5, 0.6) is 0 Å². The summed E-state index contributed by atoms with van der Waals surface area (Å²) in [6, 6.07) is 3.59. The lowest BCUT2D eigenvalue weighted by molar-refractivity contribution is -0.132. The average Bonchev–Trinajstić information content (AvgIpc) is 3.03. The van der Waals surface area contributed by atoms with Gasteiger partial charge in [-0.3, -0.25) is 4.79 Å². The van der Waals surface area contributed by atoms with Crippen molar-refractivity contribution in [2.75, 3.05) is 6.54 Å². The molecule has 3 N–H and O–H groups in total. The zero-order valence-electron chi connectivity index (χ0n) is 11.5. The third-order valence-corrected chi connectivity index (χ3v) is 4.15. The molecule has 2 unspecified atom stereocenters. The second kappa shape index (κ2) is 5.69. The van der Waals surface area contributed by atoms with E-state index in [0.717, 1.165) is 6.42 Å². The number of benzene rings is 1. The predicted octanol–water partition coefficient (Wildman–Crippen LogP) is 1.44. The van der Waals surface area contributed by atoms with Crippen molar-refractivity contribution in [3.05, 3.63) is 35.4 Å². The molecule has 1 saturated carbocycles.